The molecule has 1 aromatic carbocycles. The predicted octanol–water partition coefficient (Wildman–Crippen LogP) is 2.45. The average Bonchev–Trinajstić information content (AvgIpc) is 3.34. The van der Waals surface area contributed by atoms with Crippen LogP contribution in [0.1, 0.15) is 46.8 Å². The van der Waals surface area contributed by atoms with Gasteiger partial charge in [-0.3, -0.25) is 9.48 Å². The van der Waals surface area contributed by atoms with Crippen molar-refractivity contribution in [2.75, 3.05) is 0 Å². The second-order valence-electron chi connectivity index (χ2n) is 6.25. The minimum Gasteiger partial charge on any atom is -0.345 e. The standard InChI is InChI=1S/C18H19N5O2/c1-3-16-21-17(22-25-16)12-4-6-14-11(8-12)5-7-15(14)20-18(24)13-9-19-23(2)10-13/h4,6,8-10,15H,3,5,7H2,1-2H3,(H,20,24). The maximum Gasteiger partial charge on any atom is 0.254 e. The lowest BCUT2D eigenvalue weighted by Gasteiger charge is -2.13. The molecule has 1 amide bonds. The molecular formula is C18H19N5O2. The van der Waals surface area contributed by atoms with Crippen LogP contribution in [0.5, 0.6) is 0 Å². The maximum absolute atomic E-state index is 12.4. The summed E-state index contributed by atoms with van der Waals surface area (Å²) in [5, 5.41) is 11.2. The Hall–Kier alpha value is -2.96. The van der Waals surface area contributed by atoms with E-state index in [1.54, 1.807) is 24.1 Å². The van der Waals surface area contributed by atoms with Gasteiger partial charge in [0.2, 0.25) is 11.7 Å². The van der Waals surface area contributed by atoms with Gasteiger partial charge in [-0.1, -0.05) is 24.2 Å². The largest absolute Gasteiger partial charge is 0.345 e. The van der Waals surface area contributed by atoms with E-state index in [2.05, 4.69) is 26.6 Å². The van der Waals surface area contributed by atoms with Gasteiger partial charge in [-0.15, -0.1) is 0 Å². The van der Waals surface area contributed by atoms with Gasteiger partial charge in [0, 0.05) is 25.2 Å². The summed E-state index contributed by atoms with van der Waals surface area (Å²) in [6.07, 6.45) is 5.82. The van der Waals surface area contributed by atoms with Crippen molar-refractivity contribution in [3.63, 3.8) is 0 Å². The minimum atomic E-state index is -0.0965. The molecule has 0 spiro atoms. The third-order valence-electron chi connectivity index (χ3n) is 4.52. The van der Waals surface area contributed by atoms with E-state index in [4.69, 9.17) is 4.52 Å². The molecule has 0 saturated carbocycles. The molecule has 0 bridgehead atoms. The molecule has 1 aliphatic carbocycles. The number of aromatic nitrogens is 4. The zero-order valence-corrected chi connectivity index (χ0v) is 14.2. The quantitative estimate of drug-likeness (QED) is 0.790. The average molecular weight is 337 g/mol. The smallest absolute Gasteiger partial charge is 0.254 e. The third kappa shape index (κ3) is 2.93. The van der Waals surface area contributed by atoms with Crippen LogP contribution in [0.15, 0.2) is 35.1 Å². The van der Waals surface area contributed by atoms with Crippen LogP contribution < -0.4 is 5.32 Å². The number of nitrogens with zero attached hydrogens (tertiary/aromatic N) is 4. The molecule has 1 atom stereocenters. The van der Waals surface area contributed by atoms with Crippen molar-refractivity contribution in [1.29, 1.82) is 0 Å². The number of carbonyl (C=O) groups is 1. The van der Waals surface area contributed by atoms with Crippen molar-refractivity contribution in [3.05, 3.63) is 53.2 Å². The molecule has 1 unspecified atom stereocenters. The van der Waals surface area contributed by atoms with Crippen LogP contribution in [-0.4, -0.2) is 25.8 Å². The summed E-state index contributed by atoms with van der Waals surface area (Å²) in [5.74, 6) is 1.15. The van der Waals surface area contributed by atoms with Gasteiger partial charge in [-0.05, 0) is 30.0 Å². The van der Waals surface area contributed by atoms with Crippen molar-refractivity contribution in [3.8, 4) is 11.4 Å². The van der Waals surface area contributed by atoms with Crippen LogP contribution in [-0.2, 0) is 19.9 Å². The number of benzene rings is 1. The van der Waals surface area contributed by atoms with Crippen LogP contribution in [0.2, 0.25) is 0 Å². The summed E-state index contributed by atoms with van der Waals surface area (Å²) in [4.78, 5) is 16.7. The van der Waals surface area contributed by atoms with Gasteiger partial charge in [-0.2, -0.15) is 10.1 Å². The van der Waals surface area contributed by atoms with E-state index in [0.29, 0.717) is 17.3 Å². The SMILES string of the molecule is CCc1nc(-c2ccc3c(c2)CCC3NC(=O)c2cnn(C)c2)no1. The summed E-state index contributed by atoms with van der Waals surface area (Å²) in [6, 6.07) is 6.15. The highest BCUT2D eigenvalue weighted by molar-refractivity contribution is 5.94. The molecule has 128 valence electrons. The topological polar surface area (TPSA) is 85.8 Å². The first kappa shape index (κ1) is 15.6. The molecule has 2 aromatic heterocycles. The highest BCUT2D eigenvalue weighted by atomic mass is 16.5. The third-order valence-corrected chi connectivity index (χ3v) is 4.52. The summed E-state index contributed by atoms with van der Waals surface area (Å²) in [7, 11) is 1.80. The van der Waals surface area contributed by atoms with Gasteiger partial charge < -0.3 is 9.84 Å². The Balaban J connectivity index is 1.54. The molecule has 0 saturated heterocycles. The molecule has 7 heteroatoms. The molecule has 1 aliphatic rings. The molecule has 1 N–H and O–H groups in total. The molecule has 2 heterocycles. The number of fused-ring (bicyclic) bond motifs is 1. The predicted molar refractivity (Wildman–Crippen MR) is 90.8 cm³/mol. The zero-order valence-electron chi connectivity index (χ0n) is 14.2. The first-order valence-corrected chi connectivity index (χ1v) is 8.39. The monoisotopic (exact) mass is 337 g/mol. The van der Waals surface area contributed by atoms with Gasteiger partial charge >= 0.3 is 0 Å². The number of hydrogen-bond donors (Lipinski definition) is 1. The lowest BCUT2D eigenvalue weighted by Crippen LogP contribution is -2.26. The van der Waals surface area contributed by atoms with Crippen molar-refractivity contribution < 1.29 is 9.32 Å². The number of rotatable bonds is 4. The normalized spacial score (nSPS) is 16.0. The van der Waals surface area contributed by atoms with Crippen LogP contribution in [0, 0.1) is 0 Å². The molecule has 0 fully saturated rings. The van der Waals surface area contributed by atoms with Crippen LogP contribution in [0.3, 0.4) is 0 Å². The molecule has 25 heavy (non-hydrogen) atoms. The Kier molecular flexibility index (Phi) is 3.83. The van der Waals surface area contributed by atoms with Gasteiger partial charge in [-0.25, -0.2) is 0 Å². The van der Waals surface area contributed by atoms with Crippen molar-refractivity contribution >= 4 is 5.91 Å². The summed E-state index contributed by atoms with van der Waals surface area (Å²) in [6.45, 7) is 1.98. The minimum absolute atomic E-state index is 0.0215. The summed E-state index contributed by atoms with van der Waals surface area (Å²) < 4.78 is 6.81. The van der Waals surface area contributed by atoms with Gasteiger partial charge in [0.05, 0.1) is 17.8 Å². The molecule has 0 radical (unpaired) electrons. The lowest BCUT2D eigenvalue weighted by molar-refractivity contribution is 0.0936. The second kappa shape index (κ2) is 6.16. The van der Waals surface area contributed by atoms with Crippen LogP contribution in [0.25, 0.3) is 11.4 Å². The second-order valence-corrected chi connectivity index (χ2v) is 6.25. The highest BCUT2D eigenvalue weighted by Crippen LogP contribution is 2.33. The number of hydrogen-bond acceptors (Lipinski definition) is 5. The fraction of sp³-hybridized carbons (Fsp3) is 0.333. The highest BCUT2D eigenvalue weighted by Gasteiger charge is 2.25. The zero-order chi connectivity index (χ0) is 17.4. The Morgan fingerprint density at radius 1 is 1.44 bits per heavy atom. The molecule has 7 nitrogen and oxygen atoms in total. The van der Waals surface area contributed by atoms with E-state index in [1.165, 1.54) is 5.56 Å². The molecule has 0 aliphatic heterocycles. The van der Waals surface area contributed by atoms with Gasteiger partial charge in [0.1, 0.15) is 0 Å². The van der Waals surface area contributed by atoms with Crippen LogP contribution in [0.4, 0.5) is 0 Å². The molecule has 3 aromatic rings. The van der Waals surface area contributed by atoms with E-state index in [1.807, 2.05) is 19.1 Å². The van der Waals surface area contributed by atoms with Gasteiger partial charge in [0.15, 0.2) is 0 Å². The summed E-state index contributed by atoms with van der Waals surface area (Å²) in [5.41, 5.74) is 3.89. The Morgan fingerprint density at radius 2 is 2.32 bits per heavy atom. The van der Waals surface area contributed by atoms with Crippen molar-refractivity contribution in [2.24, 2.45) is 7.05 Å². The fourth-order valence-electron chi connectivity index (χ4n) is 3.20. The van der Waals surface area contributed by atoms with E-state index in [9.17, 15) is 4.79 Å². The van der Waals surface area contributed by atoms with E-state index in [0.717, 1.165) is 30.4 Å². The fourth-order valence-corrected chi connectivity index (χ4v) is 3.20. The number of nitrogens with one attached hydrogen (secondary N) is 1. The summed E-state index contributed by atoms with van der Waals surface area (Å²) >= 11 is 0. The van der Waals surface area contributed by atoms with Crippen molar-refractivity contribution in [2.45, 2.75) is 32.2 Å². The molecular weight excluding hydrogens is 318 g/mol. The lowest BCUT2D eigenvalue weighted by atomic mass is 10.0. The number of amides is 1. The Morgan fingerprint density at radius 3 is 3.04 bits per heavy atom. The molecule has 4 rings (SSSR count). The van der Waals surface area contributed by atoms with Gasteiger partial charge in [0.25, 0.3) is 5.91 Å². The Labute approximate surface area is 145 Å². The van der Waals surface area contributed by atoms with E-state index in [-0.39, 0.29) is 11.9 Å². The first-order chi connectivity index (χ1) is 12.1. The van der Waals surface area contributed by atoms with Crippen LogP contribution >= 0.6 is 0 Å². The Bertz CT molecular complexity index is 927. The maximum atomic E-state index is 12.4. The van der Waals surface area contributed by atoms with E-state index >= 15 is 0 Å². The number of aryl methyl sites for hydroxylation is 3. The van der Waals surface area contributed by atoms with Crippen molar-refractivity contribution in [1.82, 2.24) is 25.2 Å². The first-order valence-electron chi connectivity index (χ1n) is 8.39. The van der Waals surface area contributed by atoms with E-state index < -0.39 is 0 Å². The number of carbonyl (C=O) groups excluding carboxylic acids is 1.